The number of hydrogen-bond donors (Lipinski definition) is 0. The van der Waals surface area contributed by atoms with Crippen LogP contribution >= 0.6 is 11.3 Å². The second-order valence-electron chi connectivity index (χ2n) is 4.51. The molecule has 0 saturated heterocycles. The highest BCUT2D eigenvalue weighted by Crippen LogP contribution is 2.37. The Bertz CT molecular complexity index is 529. The number of benzene rings is 1. The van der Waals surface area contributed by atoms with Gasteiger partial charge in [0.2, 0.25) is 0 Å². The number of methoxy groups -OCH3 is 1. The van der Waals surface area contributed by atoms with Crippen LogP contribution in [0.2, 0.25) is 0 Å². The molecule has 112 valence electrons. The molecule has 0 amide bonds. The van der Waals surface area contributed by atoms with Crippen molar-refractivity contribution in [1.82, 2.24) is 4.98 Å². The molecule has 2 nitrogen and oxygen atoms in total. The van der Waals surface area contributed by atoms with E-state index in [9.17, 15) is 0 Å². The normalized spacial score (nSPS) is 13.1. The van der Waals surface area contributed by atoms with Crippen LogP contribution < -0.4 is 4.74 Å². The summed E-state index contributed by atoms with van der Waals surface area (Å²) in [5.74, 6) is 1.85. The van der Waals surface area contributed by atoms with Gasteiger partial charge in [0.05, 0.1) is 22.3 Å². The third-order valence-electron chi connectivity index (χ3n) is 3.10. The SMILES string of the molecule is CC.CC.COc1cc(CC2CC2)c2nc(C)sc2c1. The molecule has 2 aromatic rings. The zero-order valence-corrected chi connectivity index (χ0v) is 14.4. The summed E-state index contributed by atoms with van der Waals surface area (Å²) in [6, 6.07) is 4.25. The van der Waals surface area contributed by atoms with E-state index in [1.165, 1.54) is 28.6 Å². The summed E-state index contributed by atoms with van der Waals surface area (Å²) < 4.78 is 6.61. The number of aryl methyl sites for hydroxylation is 1. The van der Waals surface area contributed by atoms with Crippen LogP contribution in [0.15, 0.2) is 12.1 Å². The fourth-order valence-corrected chi connectivity index (χ4v) is 2.99. The maximum atomic E-state index is 5.35. The zero-order valence-electron chi connectivity index (χ0n) is 13.6. The Labute approximate surface area is 127 Å². The van der Waals surface area contributed by atoms with Crippen LogP contribution in [0, 0.1) is 12.8 Å². The Balaban J connectivity index is 0.000000461. The Morgan fingerprint density at radius 1 is 1.20 bits per heavy atom. The second kappa shape index (κ2) is 8.25. The lowest BCUT2D eigenvalue weighted by Crippen LogP contribution is -1.91. The van der Waals surface area contributed by atoms with Crippen LogP contribution in [0.3, 0.4) is 0 Å². The summed E-state index contributed by atoms with van der Waals surface area (Å²) in [4.78, 5) is 4.63. The molecular formula is C17H27NOS. The largest absolute Gasteiger partial charge is 0.497 e. The van der Waals surface area contributed by atoms with Gasteiger partial charge in [-0.2, -0.15) is 0 Å². The van der Waals surface area contributed by atoms with E-state index in [2.05, 4.69) is 24.0 Å². The Morgan fingerprint density at radius 3 is 2.40 bits per heavy atom. The van der Waals surface area contributed by atoms with Gasteiger partial charge in [-0.15, -0.1) is 11.3 Å². The summed E-state index contributed by atoms with van der Waals surface area (Å²) in [5, 5.41) is 1.14. The first-order chi connectivity index (χ1) is 9.76. The van der Waals surface area contributed by atoms with E-state index < -0.39 is 0 Å². The minimum absolute atomic E-state index is 0.886. The van der Waals surface area contributed by atoms with E-state index in [1.54, 1.807) is 18.4 Å². The number of thiazole rings is 1. The van der Waals surface area contributed by atoms with Crippen molar-refractivity contribution in [1.29, 1.82) is 0 Å². The van der Waals surface area contributed by atoms with Crippen molar-refractivity contribution in [2.45, 2.75) is 53.9 Å². The van der Waals surface area contributed by atoms with Gasteiger partial charge in [-0.05, 0) is 49.8 Å². The quantitative estimate of drug-likeness (QED) is 0.733. The van der Waals surface area contributed by atoms with Gasteiger partial charge in [-0.25, -0.2) is 4.98 Å². The van der Waals surface area contributed by atoms with Crippen molar-refractivity contribution in [2.75, 3.05) is 7.11 Å². The summed E-state index contributed by atoms with van der Waals surface area (Å²) in [6.45, 7) is 10.1. The first kappa shape index (κ1) is 17.0. The lowest BCUT2D eigenvalue weighted by atomic mass is 10.1. The standard InChI is InChI=1S/C13H15NOS.2C2H6/c1-8-14-13-10(5-9-3-4-9)6-11(15-2)7-12(13)16-8;2*1-2/h6-7,9H,3-5H2,1-2H3;2*1-2H3. The number of rotatable bonds is 3. The van der Waals surface area contributed by atoms with Gasteiger partial charge in [0, 0.05) is 0 Å². The maximum absolute atomic E-state index is 5.35. The van der Waals surface area contributed by atoms with Crippen molar-refractivity contribution in [3.05, 3.63) is 22.7 Å². The molecule has 3 rings (SSSR count). The smallest absolute Gasteiger partial charge is 0.120 e. The van der Waals surface area contributed by atoms with Crippen molar-refractivity contribution in [3.63, 3.8) is 0 Å². The molecule has 20 heavy (non-hydrogen) atoms. The topological polar surface area (TPSA) is 22.1 Å². The molecule has 1 fully saturated rings. The molecule has 0 radical (unpaired) electrons. The van der Waals surface area contributed by atoms with Crippen molar-refractivity contribution < 1.29 is 4.74 Å². The van der Waals surface area contributed by atoms with Gasteiger partial charge in [0.1, 0.15) is 5.75 Å². The van der Waals surface area contributed by atoms with Crippen molar-refractivity contribution in [2.24, 2.45) is 5.92 Å². The number of ether oxygens (including phenoxy) is 1. The minimum atomic E-state index is 0.886. The lowest BCUT2D eigenvalue weighted by molar-refractivity contribution is 0.415. The summed E-state index contributed by atoms with van der Waals surface area (Å²) in [5.41, 5.74) is 2.55. The predicted molar refractivity (Wildman–Crippen MR) is 90.0 cm³/mol. The molecule has 1 aromatic heterocycles. The van der Waals surface area contributed by atoms with Gasteiger partial charge < -0.3 is 4.74 Å². The van der Waals surface area contributed by atoms with Gasteiger partial charge >= 0.3 is 0 Å². The average molecular weight is 293 g/mol. The van der Waals surface area contributed by atoms with E-state index in [1.807, 2.05) is 27.7 Å². The molecule has 0 spiro atoms. The molecule has 1 heterocycles. The van der Waals surface area contributed by atoms with Crippen LogP contribution in [-0.4, -0.2) is 12.1 Å². The molecule has 0 atom stereocenters. The molecule has 1 aliphatic rings. The molecule has 3 heteroatoms. The molecule has 1 saturated carbocycles. The number of nitrogens with zero attached hydrogens (tertiary/aromatic N) is 1. The van der Waals surface area contributed by atoms with Gasteiger partial charge in [-0.3, -0.25) is 0 Å². The molecule has 0 aliphatic heterocycles. The van der Waals surface area contributed by atoms with E-state index in [-0.39, 0.29) is 0 Å². The molecule has 0 bridgehead atoms. The van der Waals surface area contributed by atoms with Crippen LogP contribution in [0.5, 0.6) is 5.75 Å². The third-order valence-corrected chi connectivity index (χ3v) is 4.01. The molecule has 0 unspecified atom stereocenters. The zero-order chi connectivity index (χ0) is 15.1. The number of fused-ring (bicyclic) bond motifs is 1. The van der Waals surface area contributed by atoms with Crippen molar-refractivity contribution in [3.8, 4) is 5.75 Å². The summed E-state index contributed by atoms with van der Waals surface area (Å²) >= 11 is 1.75. The minimum Gasteiger partial charge on any atom is -0.497 e. The van der Waals surface area contributed by atoms with Gasteiger partial charge in [0.25, 0.3) is 0 Å². The maximum Gasteiger partial charge on any atom is 0.120 e. The van der Waals surface area contributed by atoms with Crippen LogP contribution in [-0.2, 0) is 6.42 Å². The van der Waals surface area contributed by atoms with Crippen LogP contribution in [0.25, 0.3) is 10.2 Å². The molecule has 1 aromatic carbocycles. The Hall–Kier alpha value is -1.09. The lowest BCUT2D eigenvalue weighted by Gasteiger charge is -2.05. The highest BCUT2D eigenvalue weighted by Gasteiger charge is 2.23. The highest BCUT2D eigenvalue weighted by molar-refractivity contribution is 7.18. The average Bonchev–Trinajstić information content (AvgIpc) is 3.22. The monoisotopic (exact) mass is 293 g/mol. The van der Waals surface area contributed by atoms with Gasteiger partial charge in [-0.1, -0.05) is 27.7 Å². The highest BCUT2D eigenvalue weighted by atomic mass is 32.1. The predicted octanol–water partition coefficient (Wildman–Crippen LogP) is 5.62. The molecule has 1 aliphatic carbocycles. The van der Waals surface area contributed by atoms with E-state index >= 15 is 0 Å². The van der Waals surface area contributed by atoms with E-state index in [0.717, 1.165) is 23.1 Å². The molecular weight excluding hydrogens is 266 g/mol. The second-order valence-corrected chi connectivity index (χ2v) is 5.75. The summed E-state index contributed by atoms with van der Waals surface area (Å²) in [6.07, 6.45) is 3.92. The third kappa shape index (κ3) is 4.20. The summed E-state index contributed by atoms with van der Waals surface area (Å²) in [7, 11) is 1.73. The first-order valence-corrected chi connectivity index (χ1v) is 8.52. The fourth-order valence-electron chi connectivity index (χ4n) is 2.09. The fraction of sp³-hybridized carbons (Fsp3) is 0.588. The van der Waals surface area contributed by atoms with Crippen LogP contribution in [0.4, 0.5) is 0 Å². The number of hydrogen-bond acceptors (Lipinski definition) is 3. The Kier molecular flexibility index (Phi) is 7.00. The first-order valence-electron chi connectivity index (χ1n) is 7.70. The van der Waals surface area contributed by atoms with E-state index in [4.69, 9.17) is 4.74 Å². The number of aromatic nitrogens is 1. The van der Waals surface area contributed by atoms with Gasteiger partial charge in [0.15, 0.2) is 0 Å². The van der Waals surface area contributed by atoms with Crippen LogP contribution in [0.1, 0.15) is 51.1 Å². The molecule has 0 N–H and O–H groups in total. The van der Waals surface area contributed by atoms with Crippen molar-refractivity contribution >= 4 is 21.6 Å². The van der Waals surface area contributed by atoms with E-state index in [0.29, 0.717) is 0 Å². The Morgan fingerprint density at radius 2 is 1.85 bits per heavy atom.